The predicted octanol–water partition coefficient (Wildman–Crippen LogP) is 3.27. The first-order valence-electron chi connectivity index (χ1n) is 8.10. The third-order valence-corrected chi connectivity index (χ3v) is 4.36. The number of benzene rings is 1. The van der Waals surface area contributed by atoms with Gasteiger partial charge in [-0.25, -0.2) is 8.78 Å². The fraction of sp³-hybridized carbons (Fsp3) is 0.222. The summed E-state index contributed by atoms with van der Waals surface area (Å²) in [5.74, 6) is -0.996. The molecule has 0 bridgehead atoms. The second-order valence-corrected chi connectivity index (χ2v) is 5.97. The number of rotatable bonds is 4. The number of hydrogen-bond donors (Lipinski definition) is 0. The van der Waals surface area contributed by atoms with Gasteiger partial charge in [-0.15, -0.1) is 0 Å². The van der Waals surface area contributed by atoms with E-state index in [1.54, 1.807) is 24.5 Å². The van der Waals surface area contributed by atoms with Crippen molar-refractivity contribution >= 4 is 5.91 Å². The lowest BCUT2D eigenvalue weighted by Crippen LogP contribution is -2.28. The topological polar surface area (TPSA) is 72.1 Å². The molecule has 0 radical (unpaired) electrons. The molecule has 1 aliphatic heterocycles. The quantitative estimate of drug-likeness (QED) is 0.717. The van der Waals surface area contributed by atoms with Crippen molar-refractivity contribution in [2.24, 2.45) is 0 Å². The van der Waals surface area contributed by atoms with E-state index in [0.717, 1.165) is 0 Å². The molecule has 1 unspecified atom stereocenters. The second kappa shape index (κ2) is 6.62. The van der Waals surface area contributed by atoms with Crippen LogP contribution >= 0.6 is 0 Å². The first kappa shape index (κ1) is 16.3. The van der Waals surface area contributed by atoms with Gasteiger partial charge in [-0.05, 0) is 30.7 Å². The Morgan fingerprint density at radius 1 is 1.19 bits per heavy atom. The van der Waals surface area contributed by atoms with Crippen LogP contribution in [0.4, 0.5) is 8.78 Å². The highest BCUT2D eigenvalue weighted by Gasteiger charge is 2.36. The zero-order valence-electron chi connectivity index (χ0n) is 13.6. The van der Waals surface area contributed by atoms with E-state index in [2.05, 4.69) is 15.1 Å². The molecule has 0 N–H and O–H groups in total. The maximum absolute atomic E-state index is 13.9. The minimum absolute atomic E-state index is 0.153. The molecule has 1 fully saturated rings. The molecule has 1 aliphatic rings. The van der Waals surface area contributed by atoms with Crippen LogP contribution in [-0.2, 0) is 11.3 Å². The summed E-state index contributed by atoms with van der Waals surface area (Å²) < 4.78 is 33.2. The average Bonchev–Trinajstić information content (AvgIpc) is 3.26. The van der Waals surface area contributed by atoms with Crippen LogP contribution in [0.2, 0.25) is 0 Å². The van der Waals surface area contributed by atoms with Gasteiger partial charge >= 0.3 is 0 Å². The number of hydrogen-bond acceptors (Lipinski definition) is 5. The maximum Gasteiger partial charge on any atom is 0.249 e. The molecule has 2 aromatic heterocycles. The Balaban J connectivity index is 1.62. The molecule has 26 heavy (non-hydrogen) atoms. The summed E-state index contributed by atoms with van der Waals surface area (Å²) >= 11 is 0. The Hall–Kier alpha value is -3.16. The second-order valence-electron chi connectivity index (χ2n) is 5.97. The molecule has 8 heteroatoms. The predicted molar refractivity (Wildman–Crippen MR) is 86.4 cm³/mol. The van der Waals surface area contributed by atoms with Crippen LogP contribution in [0.5, 0.6) is 0 Å². The van der Waals surface area contributed by atoms with Gasteiger partial charge in [0.25, 0.3) is 0 Å². The van der Waals surface area contributed by atoms with Crippen molar-refractivity contribution in [1.29, 1.82) is 0 Å². The molecule has 0 spiro atoms. The van der Waals surface area contributed by atoms with Gasteiger partial charge in [-0.1, -0.05) is 11.2 Å². The van der Waals surface area contributed by atoms with Gasteiger partial charge in [-0.2, -0.15) is 4.98 Å². The smallest absolute Gasteiger partial charge is 0.249 e. The van der Waals surface area contributed by atoms with Gasteiger partial charge in [0, 0.05) is 29.9 Å². The zero-order chi connectivity index (χ0) is 18.1. The number of amides is 1. The fourth-order valence-electron chi connectivity index (χ4n) is 3.03. The Morgan fingerprint density at radius 3 is 2.73 bits per heavy atom. The van der Waals surface area contributed by atoms with Gasteiger partial charge in [-0.3, -0.25) is 9.78 Å². The Bertz CT molecular complexity index is 925. The fourth-order valence-corrected chi connectivity index (χ4v) is 3.03. The van der Waals surface area contributed by atoms with Crippen molar-refractivity contribution in [3.8, 4) is 11.4 Å². The molecule has 132 valence electrons. The molecule has 1 saturated heterocycles. The van der Waals surface area contributed by atoms with E-state index in [1.807, 2.05) is 0 Å². The molecule has 3 heterocycles. The minimum Gasteiger partial charge on any atom is -0.337 e. The van der Waals surface area contributed by atoms with Crippen molar-refractivity contribution in [3.63, 3.8) is 0 Å². The molecule has 1 aromatic carbocycles. The number of nitrogens with zero attached hydrogens (tertiary/aromatic N) is 4. The van der Waals surface area contributed by atoms with Crippen LogP contribution in [-0.4, -0.2) is 25.9 Å². The van der Waals surface area contributed by atoms with Gasteiger partial charge < -0.3 is 9.42 Å². The number of aromatic nitrogens is 3. The first-order valence-corrected chi connectivity index (χ1v) is 8.10. The molecule has 6 nitrogen and oxygen atoms in total. The number of pyridine rings is 1. The molecule has 0 saturated carbocycles. The molecule has 1 atom stereocenters. The average molecular weight is 356 g/mol. The Kier molecular flexibility index (Phi) is 4.16. The summed E-state index contributed by atoms with van der Waals surface area (Å²) in [5, 5.41) is 3.92. The summed E-state index contributed by atoms with van der Waals surface area (Å²) in [6.45, 7) is -0.188. The molecule has 0 aliphatic carbocycles. The third kappa shape index (κ3) is 2.94. The Labute approximate surface area is 147 Å². The van der Waals surface area contributed by atoms with Crippen molar-refractivity contribution in [2.45, 2.75) is 25.4 Å². The molecule has 1 amide bonds. The van der Waals surface area contributed by atoms with E-state index < -0.39 is 17.7 Å². The molecule has 4 rings (SSSR count). The maximum atomic E-state index is 13.9. The SMILES string of the molecule is O=C1CCC(c2nc(-c3cccnc3)no2)N1Cc1c(F)cccc1F. The van der Waals surface area contributed by atoms with Gasteiger partial charge in [0.15, 0.2) is 0 Å². The van der Waals surface area contributed by atoms with Crippen LogP contribution in [0.15, 0.2) is 47.2 Å². The van der Waals surface area contributed by atoms with Gasteiger partial charge in [0.1, 0.15) is 17.7 Å². The van der Waals surface area contributed by atoms with Crippen molar-refractivity contribution in [2.75, 3.05) is 0 Å². The zero-order valence-corrected chi connectivity index (χ0v) is 13.6. The van der Waals surface area contributed by atoms with E-state index in [0.29, 0.717) is 17.8 Å². The number of halogens is 2. The summed E-state index contributed by atoms with van der Waals surface area (Å²) in [6, 6.07) is 6.64. The van der Waals surface area contributed by atoms with E-state index in [-0.39, 0.29) is 30.3 Å². The van der Waals surface area contributed by atoms with Crippen LogP contribution < -0.4 is 0 Å². The highest BCUT2D eigenvalue weighted by molar-refractivity contribution is 5.78. The monoisotopic (exact) mass is 356 g/mol. The highest BCUT2D eigenvalue weighted by atomic mass is 19.1. The normalized spacial score (nSPS) is 17.1. The molecular weight excluding hydrogens is 342 g/mol. The van der Waals surface area contributed by atoms with E-state index in [4.69, 9.17) is 4.52 Å². The Morgan fingerprint density at radius 2 is 2.00 bits per heavy atom. The highest BCUT2D eigenvalue weighted by Crippen LogP contribution is 2.34. The van der Waals surface area contributed by atoms with Crippen LogP contribution in [0, 0.1) is 11.6 Å². The van der Waals surface area contributed by atoms with Gasteiger partial charge in [0.05, 0.1) is 6.54 Å². The number of carbonyl (C=O) groups is 1. The number of carbonyl (C=O) groups excluding carboxylic acids is 1. The standard InChI is InChI=1S/C18H14F2N4O2/c19-13-4-1-5-14(20)12(13)10-24-15(6-7-16(24)25)18-22-17(23-26-18)11-3-2-8-21-9-11/h1-5,8-9,15H,6-7,10H2. The van der Waals surface area contributed by atoms with E-state index >= 15 is 0 Å². The van der Waals surface area contributed by atoms with Crippen molar-refractivity contribution < 1.29 is 18.1 Å². The summed E-state index contributed by atoms with van der Waals surface area (Å²) in [4.78, 5) is 22.0. The van der Waals surface area contributed by atoms with Crippen molar-refractivity contribution in [1.82, 2.24) is 20.0 Å². The molecular formula is C18H14F2N4O2. The lowest BCUT2D eigenvalue weighted by atomic mass is 10.1. The van der Waals surface area contributed by atoms with Crippen LogP contribution in [0.25, 0.3) is 11.4 Å². The summed E-state index contributed by atoms with van der Waals surface area (Å²) in [7, 11) is 0. The van der Waals surface area contributed by atoms with E-state index in [9.17, 15) is 13.6 Å². The van der Waals surface area contributed by atoms with Crippen LogP contribution in [0.3, 0.4) is 0 Å². The lowest BCUT2D eigenvalue weighted by molar-refractivity contribution is -0.130. The van der Waals surface area contributed by atoms with Crippen LogP contribution in [0.1, 0.15) is 30.3 Å². The lowest BCUT2D eigenvalue weighted by Gasteiger charge is -2.22. The number of likely N-dealkylation sites (tertiary alicyclic amines) is 1. The van der Waals surface area contributed by atoms with Gasteiger partial charge in [0.2, 0.25) is 17.6 Å². The summed E-state index contributed by atoms with van der Waals surface area (Å²) in [6.07, 6.45) is 3.93. The first-order chi connectivity index (χ1) is 12.6. The molecule has 3 aromatic rings. The minimum atomic E-state index is -0.690. The summed E-state index contributed by atoms with van der Waals surface area (Å²) in [5.41, 5.74) is 0.526. The van der Waals surface area contributed by atoms with E-state index in [1.165, 1.54) is 23.1 Å². The third-order valence-electron chi connectivity index (χ3n) is 4.36. The largest absolute Gasteiger partial charge is 0.337 e. The van der Waals surface area contributed by atoms with Crippen molar-refractivity contribution in [3.05, 3.63) is 65.8 Å².